The molecule has 100 valence electrons. The molecule has 0 saturated heterocycles. The lowest BCUT2D eigenvalue weighted by Gasteiger charge is -2.10. The molecule has 0 aromatic carbocycles. The highest BCUT2D eigenvalue weighted by Crippen LogP contribution is 2.29. The van der Waals surface area contributed by atoms with E-state index in [1.807, 2.05) is 0 Å². The number of hydrogen-bond acceptors (Lipinski definition) is 6. The van der Waals surface area contributed by atoms with Gasteiger partial charge in [-0.3, -0.25) is 4.98 Å². The second kappa shape index (κ2) is 5.34. The Morgan fingerprint density at radius 3 is 2.74 bits per heavy atom. The van der Waals surface area contributed by atoms with Crippen molar-refractivity contribution in [1.29, 1.82) is 0 Å². The van der Waals surface area contributed by atoms with E-state index in [4.69, 9.17) is 9.47 Å². The van der Waals surface area contributed by atoms with Crippen LogP contribution in [0.25, 0.3) is 0 Å². The minimum Gasteiger partial charge on any atom is -0.493 e. The number of rotatable bonds is 5. The molecule has 0 bridgehead atoms. The Labute approximate surface area is 108 Å². The summed E-state index contributed by atoms with van der Waals surface area (Å²) in [6.07, 6.45) is 4.43. The Balaban J connectivity index is 2.38. The van der Waals surface area contributed by atoms with Crippen LogP contribution in [0.3, 0.4) is 0 Å². The van der Waals surface area contributed by atoms with E-state index in [0.717, 1.165) is 0 Å². The van der Waals surface area contributed by atoms with E-state index >= 15 is 0 Å². The Kier molecular flexibility index (Phi) is 3.60. The summed E-state index contributed by atoms with van der Waals surface area (Å²) < 4.78 is 11.8. The number of aromatic nitrogens is 3. The minimum atomic E-state index is -0.549. The van der Waals surface area contributed by atoms with Crippen LogP contribution in [0.1, 0.15) is 5.69 Å². The number of methoxy groups -OCH3 is 2. The largest absolute Gasteiger partial charge is 0.493 e. The molecule has 0 unspecified atom stereocenters. The first-order chi connectivity index (χ1) is 9.17. The highest BCUT2D eigenvalue weighted by Gasteiger charge is 2.18. The fourth-order valence-electron chi connectivity index (χ4n) is 1.72. The number of nitrogens with zero attached hydrogens (tertiary/aromatic N) is 4. The quantitative estimate of drug-likeness (QED) is 0.596. The zero-order valence-corrected chi connectivity index (χ0v) is 10.4. The molecule has 0 saturated carbocycles. The van der Waals surface area contributed by atoms with E-state index in [9.17, 15) is 10.1 Å². The molecule has 0 N–H and O–H groups in total. The summed E-state index contributed by atoms with van der Waals surface area (Å²) in [7, 11) is 3.01. The molecule has 0 spiro atoms. The van der Waals surface area contributed by atoms with Crippen molar-refractivity contribution in [3.63, 3.8) is 0 Å². The van der Waals surface area contributed by atoms with Gasteiger partial charge in [-0.05, 0) is 4.92 Å². The average Bonchev–Trinajstić information content (AvgIpc) is 2.86. The van der Waals surface area contributed by atoms with Gasteiger partial charge in [0.25, 0.3) is 0 Å². The van der Waals surface area contributed by atoms with Crippen molar-refractivity contribution in [2.24, 2.45) is 0 Å². The van der Waals surface area contributed by atoms with E-state index in [1.165, 1.54) is 31.2 Å². The monoisotopic (exact) mass is 264 g/mol. The number of pyridine rings is 1. The van der Waals surface area contributed by atoms with Crippen molar-refractivity contribution in [1.82, 2.24) is 14.5 Å². The van der Waals surface area contributed by atoms with E-state index < -0.39 is 4.92 Å². The Bertz CT molecular complexity index is 596. The number of ether oxygens (including phenoxy) is 2. The smallest absolute Gasteiger partial charge is 0.434 e. The summed E-state index contributed by atoms with van der Waals surface area (Å²) in [4.78, 5) is 18.1. The molecule has 0 aliphatic rings. The Morgan fingerprint density at radius 1 is 1.32 bits per heavy atom. The van der Waals surface area contributed by atoms with Gasteiger partial charge in [-0.15, -0.1) is 0 Å². The molecule has 2 aromatic rings. The normalized spacial score (nSPS) is 10.2. The molecular formula is C11H12N4O4. The molecular weight excluding hydrogens is 252 g/mol. The molecule has 0 amide bonds. The summed E-state index contributed by atoms with van der Waals surface area (Å²) in [5.41, 5.74) is 0.531. The molecule has 0 aliphatic heterocycles. The minimum absolute atomic E-state index is 0.177. The summed E-state index contributed by atoms with van der Waals surface area (Å²) in [5.74, 6) is 0.731. The Morgan fingerprint density at radius 2 is 2.11 bits per heavy atom. The third-order valence-electron chi connectivity index (χ3n) is 2.54. The van der Waals surface area contributed by atoms with Crippen LogP contribution in [0, 0.1) is 10.1 Å². The van der Waals surface area contributed by atoms with E-state index in [1.54, 1.807) is 12.3 Å². The van der Waals surface area contributed by atoms with Crippen molar-refractivity contribution in [2.75, 3.05) is 14.2 Å². The van der Waals surface area contributed by atoms with Gasteiger partial charge in [0.1, 0.15) is 24.6 Å². The predicted octanol–water partition coefficient (Wildman–Crippen LogP) is 1.25. The fourth-order valence-corrected chi connectivity index (χ4v) is 1.72. The fraction of sp³-hybridized carbons (Fsp3) is 0.273. The first-order valence-corrected chi connectivity index (χ1v) is 5.38. The van der Waals surface area contributed by atoms with E-state index in [2.05, 4.69) is 9.97 Å². The molecule has 8 nitrogen and oxygen atoms in total. The number of nitro groups is 1. The molecule has 8 heteroatoms. The van der Waals surface area contributed by atoms with Crippen LogP contribution in [0.5, 0.6) is 11.5 Å². The van der Waals surface area contributed by atoms with Crippen LogP contribution in [-0.2, 0) is 6.54 Å². The molecule has 0 fully saturated rings. The molecule has 0 atom stereocenters. The van der Waals surface area contributed by atoms with Crippen LogP contribution in [-0.4, -0.2) is 33.7 Å². The van der Waals surface area contributed by atoms with Crippen molar-refractivity contribution in [2.45, 2.75) is 6.54 Å². The molecule has 0 aliphatic carbocycles. The number of hydrogen-bond donors (Lipinski definition) is 0. The van der Waals surface area contributed by atoms with Crippen LogP contribution in [0.2, 0.25) is 0 Å². The van der Waals surface area contributed by atoms with Gasteiger partial charge >= 0.3 is 5.95 Å². The van der Waals surface area contributed by atoms with Gasteiger partial charge in [-0.2, -0.15) is 0 Å². The van der Waals surface area contributed by atoms with Crippen LogP contribution < -0.4 is 9.47 Å². The molecule has 2 rings (SSSR count). The van der Waals surface area contributed by atoms with Crippen molar-refractivity contribution >= 4 is 5.95 Å². The first kappa shape index (κ1) is 12.8. The summed E-state index contributed by atoms with van der Waals surface area (Å²) in [5, 5.41) is 10.8. The van der Waals surface area contributed by atoms with Gasteiger partial charge in [0.15, 0.2) is 11.5 Å². The molecule has 2 aromatic heterocycles. The lowest BCUT2D eigenvalue weighted by molar-refractivity contribution is -0.396. The van der Waals surface area contributed by atoms with Crippen LogP contribution >= 0.6 is 0 Å². The van der Waals surface area contributed by atoms with Crippen molar-refractivity contribution in [3.05, 3.63) is 40.5 Å². The highest BCUT2D eigenvalue weighted by atomic mass is 16.6. The topological polar surface area (TPSA) is 92.3 Å². The SMILES string of the molecule is COc1ccnc(Cn2ccnc2[N+](=O)[O-])c1OC. The van der Waals surface area contributed by atoms with Gasteiger partial charge in [0.2, 0.25) is 0 Å². The average molecular weight is 264 g/mol. The summed E-state index contributed by atoms with van der Waals surface area (Å²) in [6, 6.07) is 1.66. The lowest BCUT2D eigenvalue weighted by atomic mass is 10.3. The van der Waals surface area contributed by atoms with E-state index in [-0.39, 0.29) is 12.5 Å². The van der Waals surface area contributed by atoms with Gasteiger partial charge < -0.3 is 19.6 Å². The molecule has 0 radical (unpaired) electrons. The van der Waals surface area contributed by atoms with Crippen molar-refractivity contribution in [3.8, 4) is 11.5 Å². The maximum atomic E-state index is 10.8. The standard InChI is InChI=1S/C11H12N4O4/c1-18-9-3-4-12-8(10(9)19-2)7-14-6-5-13-11(14)15(16)17/h3-6H,7H2,1-2H3. The predicted molar refractivity (Wildman–Crippen MR) is 65.3 cm³/mol. The van der Waals surface area contributed by atoms with Crippen LogP contribution in [0.4, 0.5) is 5.95 Å². The van der Waals surface area contributed by atoms with E-state index in [0.29, 0.717) is 17.2 Å². The molecule has 19 heavy (non-hydrogen) atoms. The van der Waals surface area contributed by atoms with Gasteiger partial charge in [-0.25, -0.2) is 4.57 Å². The van der Waals surface area contributed by atoms with Crippen molar-refractivity contribution < 1.29 is 14.4 Å². The van der Waals surface area contributed by atoms with Gasteiger partial charge in [0.05, 0.1) is 14.2 Å². The maximum absolute atomic E-state index is 10.8. The molecule has 2 heterocycles. The van der Waals surface area contributed by atoms with Crippen LogP contribution in [0.15, 0.2) is 24.7 Å². The first-order valence-electron chi connectivity index (χ1n) is 5.38. The second-order valence-electron chi connectivity index (χ2n) is 3.61. The third-order valence-corrected chi connectivity index (χ3v) is 2.54. The number of imidazole rings is 1. The summed E-state index contributed by atoms with van der Waals surface area (Å²) >= 11 is 0. The summed E-state index contributed by atoms with van der Waals surface area (Å²) in [6.45, 7) is 0.177. The second-order valence-corrected chi connectivity index (χ2v) is 3.61. The zero-order valence-electron chi connectivity index (χ0n) is 10.4. The highest BCUT2D eigenvalue weighted by molar-refractivity contribution is 5.42. The third kappa shape index (κ3) is 2.46. The maximum Gasteiger partial charge on any atom is 0.434 e. The lowest BCUT2D eigenvalue weighted by Crippen LogP contribution is -2.07. The Hall–Kier alpha value is -2.64. The van der Waals surface area contributed by atoms with Gasteiger partial charge in [0, 0.05) is 12.3 Å². The zero-order chi connectivity index (χ0) is 13.8. The van der Waals surface area contributed by atoms with Gasteiger partial charge in [-0.1, -0.05) is 4.98 Å².